The van der Waals surface area contributed by atoms with Crippen LogP contribution in [-0.2, 0) is 38.5 Å². The maximum Gasteiger partial charge on any atom is 2.00 e. The molecule has 63 heavy (non-hydrogen) atoms. The standard InChI is InChI=1S/C19H25N.C19H23N.C10H11N.C9H11.CH4.BrH.Mg/c2*20-19(15-7-13-17-9-3-1-4-10-17)16-8-14-18-11-5-2-6-12-18;11-9-5-4-8-10-6-2-1-3-7-10;1-2-6-9-7-4-3-5-8-9;;;/h1-6,9-12,19H,7-8,13-16,20H2;1-6,9-12,20H,7-8,13-16H2;1-3,6-7H,4-5,8H2;3-5,7-8H,1-2,6H2;1H4;1H;/q;;;-1;;;+2/p-1. The summed E-state index contributed by atoms with van der Waals surface area (Å²) in [5.74, 6) is 0. The number of halogens is 1. The minimum Gasteiger partial charge on any atom is -1.00 e. The van der Waals surface area contributed by atoms with Crippen molar-refractivity contribution >= 4 is 28.8 Å². The second kappa shape index (κ2) is 40.5. The van der Waals surface area contributed by atoms with Crippen molar-refractivity contribution in [2.24, 2.45) is 5.73 Å². The van der Waals surface area contributed by atoms with Gasteiger partial charge in [0.2, 0.25) is 0 Å². The number of nitriles is 1. The Morgan fingerprint density at radius 2 is 0.714 bits per heavy atom. The molecule has 0 amide bonds. The third-order valence-electron chi connectivity index (χ3n) is 10.2. The number of hydrogen-bond acceptors (Lipinski definition) is 3. The van der Waals surface area contributed by atoms with Gasteiger partial charge in [-0.3, -0.25) is 0 Å². The van der Waals surface area contributed by atoms with E-state index in [1.165, 1.54) is 46.2 Å². The molecule has 6 aromatic carbocycles. The molecular weight excluding hydrogens is 843 g/mol. The number of nitrogens with two attached hydrogens (primary N) is 1. The molecule has 0 unspecified atom stereocenters. The Hall–Kier alpha value is -4.31. The second-order valence-corrected chi connectivity index (χ2v) is 15.4. The monoisotopic (exact) mass is 915 g/mol. The Labute approximate surface area is 410 Å². The van der Waals surface area contributed by atoms with Gasteiger partial charge in [0.25, 0.3) is 0 Å². The fourth-order valence-corrected chi connectivity index (χ4v) is 6.86. The minimum atomic E-state index is 0. The normalized spacial score (nSPS) is 9.68. The van der Waals surface area contributed by atoms with Crippen LogP contribution in [0.4, 0.5) is 0 Å². The van der Waals surface area contributed by atoms with E-state index in [0.29, 0.717) is 12.5 Å². The van der Waals surface area contributed by atoms with Crippen LogP contribution in [0.1, 0.15) is 111 Å². The number of nitrogens with one attached hydrogen (secondary N) is 1. The summed E-state index contributed by atoms with van der Waals surface area (Å²) in [5.41, 5.74) is 15.4. The van der Waals surface area contributed by atoms with Crippen LogP contribution in [-0.4, -0.2) is 34.8 Å². The summed E-state index contributed by atoms with van der Waals surface area (Å²) in [6.07, 6.45) is 17.9. The molecule has 0 atom stereocenters. The molecule has 0 bridgehead atoms. The first-order valence-corrected chi connectivity index (χ1v) is 22.3. The maximum absolute atomic E-state index is 8.29. The first kappa shape index (κ1) is 58.7. The summed E-state index contributed by atoms with van der Waals surface area (Å²) >= 11 is 0. The van der Waals surface area contributed by atoms with Gasteiger partial charge in [0, 0.05) is 18.2 Å². The molecule has 0 saturated carbocycles. The van der Waals surface area contributed by atoms with Crippen LogP contribution in [0.5, 0.6) is 0 Å². The zero-order chi connectivity index (χ0) is 42.6. The van der Waals surface area contributed by atoms with E-state index in [0.717, 1.165) is 95.6 Å². The van der Waals surface area contributed by atoms with Gasteiger partial charge in [-0.2, -0.15) is 11.7 Å². The molecule has 6 aromatic rings. The number of benzene rings is 6. The summed E-state index contributed by atoms with van der Waals surface area (Å²) in [6.45, 7) is 3.78. The largest absolute Gasteiger partial charge is 2.00 e. The summed E-state index contributed by atoms with van der Waals surface area (Å²) in [5, 5.41) is 16.3. The van der Waals surface area contributed by atoms with Gasteiger partial charge < -0.3 is 35.0 Å². The third-order valence-corrected chi connectivity index (χ3v) is 10.2. The van der Waals surface area contributed by atoms with E-state index in [9.17, 15) is 0 Å². The van der Waals surface area contributed by atoms with Crippen molar-refractivity contribution < 1.29 is 17.0 Å². The topological polar surface area (TPSA) is 73.7 Å². The summed E-state index contributed by atoms with van der Waals surface area (Å²) < 4.78 is 0. The van der Waals surface area contributed by atoms with Crippen molar-refractivity contribution in [3.8, 4) is 6.07 Å². The molecule has 0 saturated heterocycles. The zero-order valence-electron chi connectivity index (χ0n) is 37.2. The number of hydrogen-bond donors (Lipinski definition) is 2. The van der Waals surface area contributed by atoms with Crippen LogP contribution in [0, 0.1) is 23.7 Å². The SMILES string of the molecule is C.N#CCCCc1ccccc1.N=C(CCCc1ccccc1)CCCc1ccccc1.NC(CCCc1ccccc1)CCCc1ccccc1.[Br-].[CH2-]CCc1ccccc1.[Mg+2]. The van der Waals surface area contributed by atoms with E-state index < -0.39 is 0 Å². The van der Waals surface area contributed by atoms with Gasteiger partial charge in [0.05, 0.1) is 6.07 Å². The summed E-state index contributed by atoms with van der Waals surface area (Å²) in [6, 6.07) is 65.6. The molecule has 3 N–H and O–H groups in total. The van der Waals surface area contributed by atoms with Crippen molar-refractivity contribution in [3.05, 3.63) is 222 Å². The molecule has 3 nitrogen and oxygen atoms in total. The first-order valence-electron chi connectivity index (χ1n) is 22.3. The van der Waals surface area contributed by atoms with Crippen molar-refractivity contribution in [3.63, 3.8) is 0 Å². The van der Waals surface area contributed by atoms with E-state index in [1.807, 2.05) is 24.3 Å². The Kier molecular flexibility index (Phi) is 37.7. The smallest absolute Gasteiger partial charge is 1.00 e. The molecule has 0 fully saturated rings. The van der Waals surface area contributed by atoms with Gasteiger partial charge >= 0.3 is 23.1 Å². The van der Waals surface area contributed by atoms with Gasteiger partial charge in [-0.15, -0.1) is 0 Å². The van der Waals surface area contributed by atoms with Crippen LogP contribution < -0.4 is 22.7 Å². The van der Waals surface area contributed by atoms with Gasteiger partial charge in [-0.25, -0.2) is 0 Å². The Balaban J connectivity index is 0.000000840. The molecule has 0 aliphatic heterocycles. The quantitative estimate of drug-likeness (QED) is 0.0327. The Morgan fingerprint density at radius 3 is 0.984 bits per heavy atom. The van der Waals surface area contributed by atoms with Crippen LogP contribution >= 0.6 is 0 Å². The number of rotatable bonds is 21. The Morgan fingerprint density at radius 1 is 0.460 bits per heavy atom. The molecule has 0 spiro atoms. The molecule has 0 heterocycles. The molecule has 330 valence electrons. The first-order chi connectivity index (χ1) is 29.6. The van der Waals surface area contributed by atoms with Crippen LogP contribution in [0.2, 0.25) is 0 Å². The van der Waals surface area contributed by atoms with Crippen molar-refractivity contribution in [1.29, 1.82) is 10.7 Å². The average Bonchev–Trinajstić information content (AvgIpc) is 3.29. The van der Waals surface area contributed by atoms with Crippen LogP contribution in [0.3, 0.4) is 0 Å². The van der Waals surface area contributed by atoms with Gasteiger partial charge in [-0.1, -0.05) is 201 Å². The van der Waals surface area contributed by atoms with E-state index in [2.05, 4.69) is 171 Å². The van der Waals surface area contributed by atoms with Crippen molar-refractivity contribution in [2.75, 3.05) is 0 Å². The number of nitrogens with zero attached hydrogens (tertiary/aromatic N) is 1. The molecule has 0 aromatic heterocycles. The predicted molar refractivity (Wildman–Crippen MR) is 271 cm³/mol. The molecule has 6 rings (SSSR count). The summed E-state index contributed by atoms with van der Waals surface area (Å²) in [4.78, 5) is 0. The fourth-order valence-electron chi connectivity index (χ4n) is 6.86. The van der Waals surface area contributed by atoms with Crippen LogP contribution in [0.15, 0.2) is 182 Å². The van der Waals surface area contributed by atoms with Crippen LogP contribution in [0.25, 0.3) is 0 Å². The van der Waals surface area contributed by atoms with Crippen molar-refractivity contribution in [1.82, 2.24) is 0 Å². The molecule has 0 aliphatic rings. The second-order valence-electron chi connectivity index (χ2n) is 15.4. The Bertz CT molecular complexity index is 1830. The molecule has 0 radical (unpaired) electrons. The number of unbranched alkanes of at least 4 members (excludes halogenated alkanes) is 1. The van der Waals surface area contributed by atoms with E-state index >= 15 is 0 Å². The predicted octanol–water partition coefficient (Wildman–Crippen LogP) is 11.7. The maximum atomic E-state index is 8.29. The molecular formula is C58H74BrMgN3. The van der Waals surface area contributed by atoms with Gasteiger partial charge in [0.1, 0.15) is 0 Å². The van der Waals surface area contributed by atoms with Gasteiger partial charge in [-0.05, 0) is 118 Å². The third kappa shape index (κ3) is 31.2. The zero-order valence-corrected chi connectivity index (χ0v) is 40.2. The fraction of sp³-hybridized carbons (Fsp3) is 0.328. The summed E-state index contributed by atoms with van der Waals surface area (Å²) in [7, 11) is 0. The van der Waals surface area contributed by atoms with E-state index in [1.54, 1.807) is 0 Å². The van der Waals surface area contributed by atoms with E-state index in [4.69, 9.17) is 16.4 Å². The number of aryl methyl sites for hydroxylation is 6. The van der Waals surface area contributed by atoms with Crippen molar-refractivity contribution in [2.45, 2.75) is 123 Å². The minimum absolute atomic E-state index is 0. The van der Waals surface area contributed by atoms with Gasteiger partial charge in [0.15, 0.2) is 0 Å². The van der Waals surface area contributed by atoms with E-state index in [-0.39, 0.29) is 47.5 Å². The average molecular weight is 917 g/mol. The molecule has 5 heteroatoms. The molecule has 0 aliphatic carbocycles.